The van der Waals surface area contributed by atoms with Crippen LogP contribution < -0.4 is 16.0 Å². The Morgan fingerprint density at radius 2 is 1.89 bits per heavy atom. The number of anilines is 1. The summed E-state index contributed by atoms with van der Waals surface area (Å²) in [6.07, 6.45) is 1.75. The van der Waals surface area contributed by atoms with Gasteiger partial charge in [0, 0.05) is 11.8 Å². The zero-order valence-corrected chi connectivity index (χ0v) is 10.6. The van der Waals surface area contributed by atoms with Gasteiger partial charge in [0.1, 0.15) is 18.2 Å². The number of hydrogen-bond donors (Lipinski definition) is 2. The molecule has 4 heteroatoms. The fourth-order valence-corrected chi connectivity index (χ4v) is 1.78. The van der Waals surface area contributed by atoms with E-state index in [1.54, 1.807) is 6.20 Å². The van der Waals surface area contributed by atoms with Crippen LogP contribution in [0.25, 0.3) is 0 Å². The molecule has 0 atom stereocenters. The number of hydrogen-bond acceptors (Lipinski definition) is 4. The maximum Gasteiger partial charge on any atom is 0.139 e. The number of rotatable bonds is 4. The van der Waals surface area contributed by atoms with Crippen molar-refractivity contribution in [2.45, 2.75) is 20.5 Å². The van der Waals surface area contributed by atoms with Gasteiger partial charge in [-0.3, -0.25) is 0 Å². The van der Waals surface area contributed by atoms with Gasteiger partial charge in [-0.2, -0.15) is 0 Å². The topological polar surface area (TPSA) is 60.2 Å². The number of nitrogens with one attached hydrogen (secondary N) is 1. The zero-order valence-electron chi connectivity index (χ0n) is 10.6. The molecule has 0 amide bonds. The number of hydrazine groups is 1. The second-order valence-electron chi connectivity index (χ2n) is 4.31. The first-order valence-electron chi connectivity index (χ1n) is 5.80. The summed E-state index contributed by atoms with van der Waals surface area (Å²) in [5, 5.41) is 0. The maximum absolute atomic E-state index is 5.74. The van der Waals surface area contributed by atoms with Crippen LogP contribution >= 0.6 is 0 Å². The first-order chi connectivity index (χ1) is 8.67. The minimum absolute atomic E-state index is 0.501. The molecule has 0 spiro atoms. The molecule has 1 heterocycles. The summed E-state index contributed by atoms with van der Waals surface area (Å²) in [7, 11) is 0. The van der Waals surface area contributed by atoms with Crippen LogP contribution in [-0.4, -0.2) is 4.98 Å². The average molecular weight is 243 g/mol. The molecule has 18 heavy (non-hydrogen) atoms. The second kappa shape index (κ2) is 5.51. The number of benzene rings is 1. The predicted molar refractivity (Wildman–Crippen MR) is 72.3 cm³/mol. The largest absolute Gasteiger partial charge is 0.489 e. The number of aromatic nitrogens is 1. The third-order valence-electron chi connectivity index (χ3n) is 2.57. The lowest BCUT2D eigenvalue weighted by molar-refractivity contribution is 0.305. The van der Waals surface area contributed by atoms with E-state index in [0.717, 1.165) is 11.3 Å². The number of nitrogens with zero attached hydrogens (tertiary/aromatic N) is 1. The van der Waals surface area contributed by atoms with Gasteiger partial charge < -0.3 is 10.2 Å². The van der Waals surface area contributed by atoms with E-state index in [2.05, 4.69) is 30.3 Å². The molecule has 0 saturated heterocycles. The van der Waals surface area contributed by atoms with Gasteiger partial charge in [0.15, 0.2) is 0 Å². The number of ether oxygens (including phenoxy) is 1. The van der Waals surface area contributed by atoms with E-state index < -0.39 is 0 Å². The second-order valence-corrected chi connectivity index (χ2v) is 4.31. The fourth-order valence-electron chi connectivity index (χ4n) is 1.78. The van der Waals surface area contributed by atoms with Gasteiger partial charge in [0.25, 0.3) is 0 Å². The van der Waals surface area contributed by atoms with Gasteiger partial charge in [0.05, 0.1) is 0 Å². The Morgan fingerprint density at radius 1 is 1.17 bits per heavy atom. The van der Waals surface area contributed by atoms with Crippen molar-refractivity contribution >= 4 is 5.82 Å². The minimum Gasteiger partial charge on any atom is -0.489 e. The first-order valence-corrected chi connectivity index (χ1v) is 5.80. The molecule has 2 rings (SSSR count). The van der Waals surface area contributed by atoms with Gasteiger partial charge >= 0.3 is 0 Å². The normalized spacial score (nSPS) is 10.2. The van der Waals surface area contributed by atoms with E-state index in [1.165, 1.54) is 11.1 Å². The monoisotopic (exact) mass is 243 g/mol. The minimum atomic E-state index is 0.501. The maximum atomic E-state index is 5.74. The van der Waals surface area contributed by atoms with Crippen molar-refractivity contribution in [3.63, 3.8) is 0 Å². The molecule has 94 valence electrons. The lowest BCUT2D eigenvalue weighted by atomic mass is 10.1. The van der Waals surface area contributed by atoms with Crippen LogP contribution in [0.1, 0.15) is 16.7 Å². The Morgan fingerprint density at radius 3 is 2.44 bits per heavy atom. The van der Waals surface area contributed by atoms with E-state index in [1.807, 2.05) is 24.3 Å². The Balaban J connectivity index is 2.01. The van der Waals surface area contributed by atoms with E-state index in [0.29, 0.717) is 12.4 Å². The molecule has 0 aliphatic carbocycles. The smallest absolute Gasteiger partial charge is 0.139 e. The fraction of sp³-hybridized carbons (Fsp3) is 0.214. The molecule has 2 aromatic rings. The van der Waals surface area contributed by atoms with Crippen LogP contribution in [0.4, 0.5) is 5.82 Å². The van der Waals surface area contributed by atoms with E-state index in [9.17, 15) is 0 Å². The first kappa shape index (κ1) is 12.4. The van der Waals surface area contributed by atoms with E-state index in [-0.39, 0.29) is 0 Å². The number of pyridine rings is 1. The Bertz CT molecular complexity index is 503. The standard InChI is InChI=1S/C14H17N3O/c1-10-5-11(2)7-13(6-10)18-9-12-3-4-14(17-15)16-8-12/h3-8H,9,15H2,1-2H3,(H,16,17). The molecular weight excluding hydrogens is 226 g/mol. The van der Waals surface area contributed by atoms with Crippen LogP contribution in [0.15, 0.2) is 36.5 Å². The molecule has 3 N–H and O–H groups in total. The highest BCUT2D eigenvalue weighted by Crippen LogP contribution is 2.17. The molecular formula is C14H17N3O. The van der Waals surface area contributed by atoms with Crippen molar-refractivity contribution in [1.29, 1.82) is 0 Å². The Kier molecular flexibility index (Phi) is 3.79. The highest BCUT2D eigenvalue weighted by molar-refractivity contribution is 5.35. The van der Waals surface area contributed by atoms with Crippen LogP contribution in [0.2, 0.25) is 0 Å². The molecule has 4 nitrogen and oxygen atoms in total. The highest BCUT2D eigenvalue weighted by atomic mass is 16.5. The number of nitrogen functional groups attached to an aromatic ring is 1. The third kappa shape index (κ3) is 3.21. The molecule has 0 fully saturated rings. The molecule has 0 radical (unpaired) electrons. The molecule has 0 bridgehead atoms. The van der Waals surface area contributed by atoms with Gasteiger partial charge in [-0.1, -0.05) is 12.1 Å². The molecule has 1 aromatic heterocycles. The van der Waals surface area contributed by atoms with Gasteiger partial charge in [-0.25, -0.2) is 10.8 Å². The molecule has 1 aromatic carbocycles. The SMILES string of the molecule is Cc1cc(C)cc(OCc2ccc(NN)nc2)c1. The van der Waals surface area contributed by atoms with Gasteiger partial charge in [-0.15, -0.1) is 0 Å². The van der Waals surface area contributed by atoms with Crippen LogP contribution in [0.3, 0.4) is 0 Å². The summed E-state index contributed by atoms with van der Waals surface area (Å²) in [6.45, 7) is 4.62. The predicted octanol–water partition coefficient (Wildman–Crippen LogP) is 2.56. The quantitative estimate of drug-likeness (QED) is 0.640. The molecule has 0 aliphatic heterocycles. The van der Waals surface area contributed by atoms with Crippen LogP contribution in [-0.2, 0) is 6.61 Å². The average Bonchev–Trinajstić information content (AvgIpc) is 2.36. The van der Waals surface area contributed by atoms with Gasteiger partial charge in [-0.05, 0) is 43.2 Å². The molecule has 0 unspecified atom stereocenters. The van der Waals surface area contributed by atoms with Crippen molar-refractivity contribution in [1.82, 2.24) is 4.98 Å². The Hall–Kier alpha value is -2.07. The van der Waals surface area contributed by atoms with E-state index >= 15 is 0 Å². The number of aryl methyl sites for hydroxylation is 2. The van der Waals surface area contributed by atoms with Crippen LogP contribution in [0, 0.1) is 13.8 Å². The summed E-state index contributed by atoms with van der Waals surface area (Å²) in [5.74, 6) is 6.78. The van der Waals surface area contributed by atoms with Crippen molar-refractivity contribution in [3.05, 3.63) is 53.2 Å². The van der Waals surface area contributed by atoms with Gasteiger partial charge in [0.2, 0.25) is 0 Å². The summed E-state index contributed by atoms with van der Waals surface area (Å²) in [5.41, 5.74) is 5.90. The summed E-state index contributed by atoms with van der Waals surface area (Å²) in [6, 6.07) is 9.92. The molecule has 0 saturated carbocycles. The summed E-state index contributed by atoms with van der Waals surface area (Å²) >= 11 is 0. The number of nitrogens with two attached hydrogens (primary N) is 1. The van der Waals surface area contributed by atoms with Crippen molar-refractivity contribution in [3.8, 4) is 5.75 Å². The third-order valence-corrected chi connectivity index (χ3v) is 2.57. The van der Waals surface area contributed by atoms with Crippen molar-refractivity contribution < 1.29 is 4.74 Å². The lowest BCUT2D eigenvalue weighted by Gasteiger charge is -2.08. The van der Waals surface area contributed by atoms with E-state index in [4.69, 9.17) is 10.6 Å². The summed E-state index contributed by atoms with van der Waals surface area (Å²) in [4.78, 5) is 4.13. The Labute approximate surface area is 107 Å². The highest BCUT2D eigenvalue weighted by Gasteiger charge is 1.99. The van der Waals surface area contributed by atoms with Crippen LogP contribution in [0.5, 0.6) is 5.75 Å². The molecule has 0 aliphatic rings. The zero-order chi connectivity index (χ0) is 13.0. The van der Waals surface area contributed by atoms with Crippen molar-refractivity contribution in [2.24, 2.45) is 5.84 Å². The lowest BCUT2D eigenvalue weighted by Crippen LogP contribution is -2.08. The van der Waals surface area contributed by atoms with Crippen molar-refractivity contribution in [2.75, 3.05) is 5.43 Å². The summed E-state index contributed by atoms with van der Waals surface area (Å²) < 4.78 is 5.74.